The second-order valence-electron chi connectivity index (χ2n) is 5.30. The van der Waals surface area contributed by atoms with E-state index in [1.165, 1.54) is 12.1 Å². The summed E-state index contributed by atoms with van der Waals surface area (Å²) in [6, 6.07) is 7.51. The minimum atomic E-state index is -4.93. The molecule has 0 aliphatic rings. The standard InChI is InChI=1S/C16H12F6N3S/c17-15(18,19)10-5-11(16(20,21)22)7-13(6-10)25-14(26)24-8-9-1-3-12(23)4-2-9/h1-7,23H,8H2,(H2,24,25,26)/q-1. The molecule has 0 saturated heterocycles. The van der Waals surface area contributed by atoms with Gasteiger partial charge in [-0.1, -0.05) is 24.3 Å². The average Bonchev–Trinajstić information content (AvgIpc) is 2.52. The molecular weight excluding hydrogens is 380 g/mol. The highest BCUT2D eigenvalue weighted by Crippen LogP contribution is 2.37. The van der Waals surface area contributed by atoms with Gasteiger partial charge in [0.05, 0.1) is 11.1 Å². The Hall–Kier alpha value is -2.49. The summed E-state index contributed by atoms with van der Waals surface area (Å²) in [5.74, 6) is 0. The maximum atomic E-state index is 12.8. The first kappa shape index (κ1) is 19.8. The number of alkyl halides is 6. The minimum Gasteiger partial charge on any atom is -0.699 e. The third kappa shape index (κ3) is 5.51. The average molecular weight is 392 g/mol. The normalized spacial score (nSPS) is 11.9. The molecule has 2 aromatic rings. The predicted molar refractivity (Wildman–Crippen MR) is 89.9 cm³/mol. The van der Waals surface area contributed by atoms with Crippen LogP contribution in [0.5, 0.6) is 0 Å². The molecule has 0 heterocycles. The van der Waals surface area contributed by atoms with Crippen molar-refractivity contribution in [3.8, 4) is 0 Å². The van der Waals surface area contributed by atoms with Crippen LogP contribution in [-0.2, 0) is 18.9 Å². The van der Waals surface area contributed by atoms with Gasteiger partial charge in [0, 0.05) is 12.2 Å². The van der Waals surface area contributed by atoms with Gasteiger partial charge in [-0.15, -0.1) is 5.69 Å². The fraction of sp³-hybridized carbons (Fsp3) is 0.188. The number of rotatable bonds is 3. The fourth-order valence-electron chi connectivity index (χ4n) is 2.01. The summed E-state index contributed by atoms with van der Waals surface area (Å²) in [5, 5.41) is 4.88. The Morgan fingerprint density at radius 3 is 1.85 bits per heavy atom. The molecule has 0 fully saturated rings. The van der Waals surface area contributed by atoms with Crippen LogP contribution in [0.25, 0.3) is 5.73 Å². The van der Waals surface area contributed by atoms with E-state index < -0.39 is 29.2 Å². The topological polar surface area (TPSA) is 47.9 Å². The van der Waals surface area contributed by atoms with Crippen molar-refractivity contribution in [2.45, 2.75) is 18.9 Å². The van der Waals surface area contributed by atoms with Gasteiger partial charge in [0.25, 0.3) is 0 Å². The summed E-state index contributed by atoms with van der Waals surface area (Å²) in [4.78, 5) is 0. The molecular formula is C16H12F6N3S-. The number of halogens is 6. The number of anilines is 1. The number of thiocarbonyl (C=S) groups is 1. The molecule has 3 N–H and O–H groups in total. The van der Waals surface area contributed by atoms with Crippen molar-refractivity contribution in [3.63, 3.8) is 0 Å². The molecule has 0 saturated carbocycles. The van der Waals surface area contributed by atoms with Gasteiger partial charge in [0.15, 0.2) is 5.11 Å². The Balaban J connectivity index is 2.14. The smallest absolute Gasteiger partial charge is 0.416 e. The molecule has 0 spiro atoms. The van der Waals surface area contributed by atoms with Crippen LogP contribution in [0.2, 0.25) is 0 Å². The van der Waals surface area contributed by atoms with E-state index >= 15 is 0 Å². The summed E-state index contributed by atoms with van der Waals surface area (Å²) >= 11 is 4.91. The van der Waals surface area contributed by atoms with Crippen molar-refractivity contribution in [1.29, 1.82) is 0 Å². The molecule has 0 atom stereocenters. The van der Waals surface area contributed by atoms with Crippen LogP contribution in [0.15, 0.2) is 42.5 Å². The number of hydrogen-bond donors (Lipinski definition) is 2. The third-order valence-corrected chi connectivity index (χ3v) is 3.50. The first-order chi connectivity index (χ1) is 11.9. The summed E-state index contributed by atoms with van der Waals surface area (Å²) < 4.78 is 76.9. The highest BCUT2D eigenvalue weighted by Gasteiger charge is 2.37. The lowest BCUT2D eigenvalue weighted by atomic mass is 10.1. The zero-order chi connectivity index (χ0) is 19.5. The lowest BCUT2D eigenvalue weighted by Crippen LogP contribution is -2.28. The SMILES string of the molecule is [NH-]c1ccc(CNC(=S)Nc2cc(C(F)(F)F)cc(C(F)(F)F)c2)cc1. The van der Waals surface area contributed by atoms with Crippen LogP contribution >= 0.6 is 12.2 Å². The summed E-state index contributed by atoms with van der Waals surface area (Å²) in [6.07, 6.45) is -9.85. The van der Waals surface area contributed by atoms with E-state index in [0.717, 1.165) is 5.56 Å². The second kappa shape index (κ2) is 7.40. The third-order valence-electron chi connectivity index (χ3n) is 3.25. The Bertz CT molecular complexity index is 752. The monoisotopic (exact) mass is 392 g/mol. The van der Waals surface area contributed by atoms with Gasteiger partial charge in [0.2, 0.25) is 0 Å². The summed E-state index contributed by atoms with van der Waals surface area (Å²) in [6.45, 7) is 0.192. The zero-order valence-corrected chi connectivity index (χ0v) is 13.7. The van der Waals surface area contributed by atoms with Crippen LogP contribution in [-0.4, -0.2) is 5.11 Å². The zero-order valence-electron chi connectivity index (χ0n) is 12.9. The van der Waals surface area contributed by atoms with Gasteiger partial charge < -0.3 is 16.4 Å². The molecule has 140 valence electrons. The van der Waals surface area contributed by atoms with Crippen molar-refractivity contribution in [3.05, 3.63) is 64.9 Å². The molecule has 0 aliphatic heterocycles. The Morgan fingerprint density at radius 2 is 1.38 bits per heavy atom. The van der Waals surface area contributed by atoms with E-state index in [-0.39, 0.29) is 17.7 Å². The van der Waals surface area contributed by atoms with E-state index in [2.05, 4.69) is 10.6 Å². The lowest BCUT2D eigenvalue weighted by molar-refractivity contribution is -0.143. The van der Waals surface area contributed by atoms with Gasteiger partial charge in [-0.2, -0.15) is 26.3 Å². The number of hydrogen-bond acceptors (Lipinski definition) is 1. The fourth-order valence-corrected chi connectivity index (χ4v) is 2.20. The quantitative estimate of drug-likeness (QED) is 0.505. The van der Waals surface area contributed by atoms with E-state index in [0.29, 0.717) is 17.8 Å². The van der Waals surface area contributed by atoms with Gasteiger partial charge in [0.1, 0.15) is 0 Å². The van der Waals surface area contributed by atoms with Gasteiger partial charge in [-0.3, -0.25) is 0 Å². The Kier molecular flexibility index (Phi) is 5.65. The number of nitrogens with one attached hydrogen (secondary N) is 3. The van der Waals surface area contributed by atoms with Crippen LogP contribution < -0.4 is 10.6 Å². The molecule has 2 aromatic carbocycles. The maximum absolute atomic E-state index is 12.8. The second-order valence-corrected chi connectivity index (χ2v) is 5.71. The van der Waals surface area contributed by atoms with Crippen molar-refractivity contribution >= 4 is 28.7 Å². The first-order valence-corrected chi connectivity index (χ1v) is 7.51. The van der Waals surface area contributed by atoms with Crippen LogP contribution in [0.4, 0.5) is 37.7 Å². The van der Waals surface area contributed by atoms with Crippen LogP contribution in [0.1, 0.15) is 16.7 Å². The van der Waals surface area contributed by atoms with Gasteiger partial charge in [-0.05, 0) is 36.0 Å². The van der Waals surface area contributed by atoms with Crippen molar-refractivity contribution in [2.75, 3.05) is 5.32 Å². The molecule has 10 heteroatoms. The van der Waals surface area contributed by atoms with Crippen molar-refractivity contribution in [1.82, 2.24) is 5.32 Å². The maximum Gasteiger partial charge on any atom is 0.416 e. The summed E-state index contributed by atoms with van der Waals surface area (Å²) in [5.41, 5.74) is 5.12. The predicted octanol–water partition coefficient (Wildman–Crippen LogP) is 5.89. The first-order valence-electron chi connectivity index (χ1n) is 7.10. The van der Waals surface area contributed by atoms with E-state index in [9.17, 15) is 26.3 Å². The van der Waals surface area contributed by atoms with Crippen molar-refractivity contribution in [2.24, 2.45) is 0 Å². The molecule has 0 radical (unpaired) electrons. The molecule has 0 amide bonds. The molecule has 0 bridgehead atoms. The molecule has 3 nitrogen and oxygen atoms in total. The molecule has 2 rings (SSSR count). The molecule has 0 unspecified atom stereocenters. The molecule has 26 heavy (non-hydrogen) atoms. The van der Waals surface area contributed by atoms with Crippen molar-refractivity contribution < 1.29 is 26.3 Å². The van der Waals surface area contributed by atoms with Gasteiger partial charge >= 0.3 is 12.4 Å². The highest BCUT2D eigenvalue weighted by atomic mass is 32.1. The summed E-state index contributed by atoms with van der Waals surface area (Å²) in [7, 11) is 0. The molecule has 0 aromatic heterocycles. The van der Waals surface area contributed by atoms with Crippen LogP contribution in [0.3, 0.4) is 0 Å². The Morgan fingerprint density at radius 1 is 0.885 bits per heavy atom. The largest absolute Gasteiger partial charge is 0.699 e. The van der Waals surface area contributed by atoms with Gasteiger partial charge in [-0.25, -0.2) is 0 Å². The van der Waals surface area contributed by atoms with E-state index in [1.54, 1.807) is 12.1 Å². The lowest BCUT2D eigenvalue weighted by Gasteiger charge is -2.16. The van der Waals surface area contributed by atoms with E-state index in [1.807, 2.05) is 0 Å². The number of benzene rings is 2. The highest BCUT2D eigenvalue weighted by molar-refractivity contribution is 7.80. The minimum absolute atomic E-state index is 0.0457. The van der Waals surface area contributed by atoms with E-state index in [4.69, 9.17) is 18.0 Å². The van der Waals surface area contributed by atoms with Crippen LogP contribution in [0, 0.1) is 0 Å². The molecule has 0 aliphatic carbocycles. The Labute approximate surface area is 150 Å².